The van der Waals surface area contributed by atoms with Gasteiger partial charge in [0.2, 0.25) is 0 Å². The molecule has 4 aromatic carbocycles. The third kappa shape index (κ3) is 5.02. The third-order valence-corrected chi connectivity index (χ3v) is 8.26. The van der Waals surface area contributed by atoms with E-state index in [1.807, 2.05) is 0 Å². The van der Waals surface area contributed by atoms with Crippen LogP contribution in [0.25, 0.3) is 11.1 Å². The highest BCUT2D eigenvalue weighted by Crippen LogP contribution is 2.50. The Hall–Kier alpha value is -4.11. The van der Waals surface area contributed by atoms with E-state index >= 15 is 0 Å². The normalized spacial score (nSPS) is 13.8. The van der Waals surface area contributed by atoms with Crippen LogP contribution in [0, 0.1) is 13.8 Å². The van der Waals surface area contributed by atoms with Crippen LogP contribution in [0.4, 0.5) is 17.1 Å². The van der Waals surface area contributed by atoms with Crippen LogP contribution in [-0.4, -0.2) is 12.6 Å². The SMILES string of the molecule is C=CC(=O)OCCC(C)c1ccc(N(c2ccc(C)c(C)c2)c2ccc3c(c2)C(C)(C)c2ccccc2-3)cc1. The Morgan fingerprint density at radius 3 is 2.21 bits per heavy atom. The summed E-state index contributed by atoms with van der Waals surface area (Å²) in [7, 11) is 0. The van der Waals surface area contributed by atoms with E-state index in [1.54, 1.807) is 0 Å². The second-order valence-electron chi connectivity index (χ2n) is 11.2. The minimum atomic E-state index is -0.373. The number of fused-ring (bicyclic) bond motifs is 3. The first-order valence-corrected chi connectivity index (χ1v) is 13.7. The van der Waals surface area contributed by atoms with Crippen LogP contribution in [0.2, 0.25) is 0 Å². The van der Waals surface area contributed by atoms with Crippen LogP contribution >= 0.6 is 0 Å². The molecule has 0 aromatic heterocycles. The van der Waals surface area contributed by atoms with Crippen LogP contribution in [0.3, 0.4) is 0 Å². The molecule has 1 atom stereocenters. The number of esters is 1. The Balaban J connectivity index is 1.52. The summed E-state index contributed by atoms with van der Waals surface area (Å²) in [6, 6.07) is 31.1. The van der Waals surface area contributed by atoms with Crippen molar-refractivity contribution in [3.63, 3.8) is 0 Å². The summed E-state index contributed by atoms with van der Waals surface area (Å²) in [5.74, 6) is -0.103. The largest absolute Gasteiger partial charge is 0.463 e. The predicted octanol–water partition coefficient (Wildman–Crippen LogP) is 9.30. The summed E-state index contributed by atoms with van der Waals surface area (Å²) in [6.07, 6.45) is 1.97. The zero-order valence-electron chi connectivity index (χ0n) is 23.6. The van der Waals surface area contributed by atoms with Crippen LogP contribution < -0.4 is 4.90 Å². The molecule has 0 bridgehead atoms. The number of anilines is 3. The van der Waals surface area contributed by atoms with E-state index in [0.29, 0.717) is 6.61 Å². The molecule has 5 rings (SSSR count). The molecule has 0 radical (unpaired) electrons. The molecule has 1 aliphatic rings. The summed E-state index contributed by atoms with van der Waals surface area (Å²) in [5.41, 5.74) is 12.5. The number of aryl methyl sites for hydroxylation is 2. The number of hydrogen-bond donors (Lipinski definition) is 0. The lowest BCUT2D eigenvalue weighted by Crippen LogP contribution is -2.16. The van der Waals surface area contributed by atoms with Crippen molar-refractivity contribution in [2.75, 3.05) is 11.5 Å². The van der Waals surface area contributed by atoms with Crippen molar-refractivity contribution < 1.29 is 9.53 Å². The minimum absolute atomic E-state index is 0.0643. The van der Waals surface area contributed by atoms with E-state index in [1.165, 1.54) is 45.0 Å². The quantitative estimate of drug-likeness (QED) is 0.173. The van der Waals surface area contributed by atoms with Gasteiger partial charge in [-0.25, -0.2) is 4.79 Å². The highest BCUT2D eigenvalue weighted by Gasteiger charge is 2.35. The van der Waals surface area contributed by atoms with Crippen molar-refractivity contribution in [2.24, 2.45) is 0 Å². The van der Waals surface area contributed by atoms with Crippen LogP contribution in [-0.2, 0) is 14.9 Å². The molecule has 39 heavy (non-hydrogen) atoms. The van der Waals surface area contributed by atoms with Gasteiger partial charge in [-0.15, -0.1) is 0 Å². The fourth-order valence-corrected chi connectivity index (χ4v) is 5.66. The number of carbonyl (C=O) groups excluding carboxylic acids is 1. The third-order valence-electron chi connectivity index (χ3n) is 8.26. The first kappa shape index (κ1) is 26.5. The van der Waals surface area contributed by atoms with Crippen molar-refractivity contribution in [1.29, 1.82) is 0 Å². The van der Waals surface area contributed by atoms with Crippen molar-refractivity contribution in [3.05, 3.63) is 125 Å². The Kier molecular flexibility index (Phi) is 7.18. The maximum atomic E-state index is 11.4. The van der Waals surface area contributed by atoms with Gasteiger partial charge >= 0.3 is 5.97 Å². The van der Waals surface area contributed by atoms with Crippen LogP contribution in [0.15, 0.2) is 97.6 Å². The lowest BCUT2D eigenvalue weighted by molar-refractivity contribution is -0.137. The molecule has 0 saturated carbocycles. The molecular weight excluding hydrogens is 478 g/mol. The fourth-order valence-electron chi connectivity index (χ4n) is 5.66. The van der Waals surface area contributed by atoms with Crippen molar-refractivity contribution in [1.82, 2.24) is 0 Å². The zero-order chi connectivity index (χ0) is 27.7. The van der Waals surface area contributed by atoms with E-state index in [2.05, 4.69) is 131 Å². The lowest BCUT2D eigenvalue weighted by atomic mass is 9.82. The molecule has 0 aliphatic heterocycles. The summed E-state index contributed by atoms with van der Waals surface area (Å²) in [5, 5.41) is 0. The molecule has 0 fully saturated rings. The minimum Gasteiger partial charge on any atom is -0.463 e. The van der Waals surface area contributed by atoms with Gasteiger partial charge in [0.05, 0.1) is 6.61 Å². The Morgan fingerprint density at radius 2 is 1.49 bits per heavy atom. The zero-order valence-corrected chi connectivity index (χ0v) is 23.6. The highest BCUT2D eigenvalue weighted by molar-refractivity contribution is 5.85. The van der Waals surface area contributed by atoms with Crippen molar-refractivity contribution >= 4 is 23.0 Å². The van der Waals surface area contributed by atoms with Gasteiger partial charge in [-0.3, -0.25) is 0 Å². The smallest absolute Gasteiger partial charge is 0.330 e. The highest BCUT2D eigenvalue weighted by atomic mass is 16.5. The summed E-state index contributed by atoms with van der Waals surface area (Å²) < 4.78 is 5.19. The summed E-state index contributed by atoms with van der Waals surface area (Å²) in [6.45, 7) is 15.0. The number of nitrogens with zero attached hydrogens (tertiary/aromatic N) is 1. The summed E-state index contributed by atoms with van der Waals surface area (Å²) >= 11 is 0. The molecule has 0 saturated heterocycles. The Labute approximate surface area is 232 Å². The molecule has 0 spiro atoms. The molecule has 3 nitrogen and oxygen atoms in total. The maximum Gasteiger partial charge on any atom is 0.330 e. The monoisotopic (exact) mass is 515 g/mol. The first-order chi connectivity index (χ1) is 18.7. The van der Waals surface area contributed by atoms with E-state index in [4.69, 9.17) is 4.74 Å². The predicted molar refractivity (Wildman–Crippen MR) is 162 cm³/mol. The van der Waals surface area contributed by atoms with E-state index in [9.17, 15) is 4.79 Å². The lowest BCUT2D eigenvalue weighted by Gasteiger charge is -2.29. The number of ether oxygens (including phenoxy) is 1. The van der Waals surface area contributed by atoms with E-state index < -0.39 is 0 Å². The molecule has 1 unspecified atom stereocenters. The number of carbonyl (C=O) groups is 1. The second kappa shape index (κ2) is 10.6. The average molecular weight is 516 g/mol. The van der Waals surface area contributed by atoms with Gasteiger partial charge in [0, 0.05) is 28.6 Å². The van der Waals surface area contributed by atoms with Crippen LogP contribution in [0.5, 0.6) is 0 Å². The van der Waals surface area contributed by atoms with E-state index in [-0.39, 0.29) is 17.3 Å². The fraction of sp³-hybridized carbons (Fsp3) is 0.250. The van der Waals surface area contributed by atoms with Gasteiger partial charge < -0.3 is 9.64 Å². The van der Waals surface area contributed by atoms with Gasteiger partial charge in [0.15, 0.2) is 0 Å². The molecule has 0 heterocycles. The molecule has 0 amide bonds. The second-order valence-corrected chi connectivity index (χ2v) is 11.2. The van der Waals surface area contributed by atoms with Crippen LogP contribution in [0.1, 0.15) is 60.9 Å². The van der Waals surface area contributed by atoms with Gasteiger partial charge in [-0.2, -0.15) is 0 Å². The maximum absolute atomic E-state index is 11.4. The van der Waals surface area contributed by atoms with Crippen molar-refractivity contribution in [3.8, 4) is 11.1 Å². The summed E-state index contributed by atoms with van der Waals surface area (Å²) in [4.78, 5) is 13.7. The number of hydrogen-bond acceptors (Lipinski definition) is 3. The number of benzene rings is 4. The Morgan fingerprint density at radius 1 is 0.846 bits per heavy atom. The standard InChI is InChI=1S/C36H37NO2/c1-7-35(38)39-21-20-25(3)27-13-16-28(17-14-27)37(29-15-12-24(2)26(4)22-29)30-18-19-32-31-10-8-9-11-33(31)36(5,6)34(32)23-30/h7-19,22-23,25H,1,20-21H2,2-6H3. The first-order valence-electron chi connectivity index (χ1n) is 13.7. The van der Waals surface area contributed by atoms with Crippen molar-refractivity contribution in [2.45, 2.75) is 52.4 Å². The molecule has 3 heteroatoms. The average Bonchev–Trinajstić information content (AvgIpc) is 3.17. The van der Waals surface area contributed by atoms with Gasteiger partial charge in [0.1, 0.15) is 0 Å². The van der Waals surface area contributed by atoms with Gasteiger partial charge in [0.25, 0.3) is 0 Å². The molecule has 198 valence electrons. The van der Waals surface area contributed by atoms with Gasteiger partial charge in [-0.05, 0) is 102 Å². The Bertz CT molecular complexity index is 1530. The number of rotatable bonds is 8. The van der Waals surface area contributed by atoms with Gasteiger partial charge in [-0.1, -0.05) is 75.9 Å². The molecular formula is C36H37NO2. The van der Waals surface area contributed by atoms with E-state index in [0.717, 1.165) is 23.5 Å². The topological polar surface area (TPSA) is 29.5 Å². The molecule has 4 aromatic rings. The molecule has 1 aliphatic carbocycles. The molecule has 0 N–H and O–H groups in total.